The number of aryl methyl sites for hydroxylation is 1. The predicted octanol–water partition coefficient (Wildman–Crippen LogP) is 5.93. The molecule has 0 spiro atoms. The van der Waals surface area contributed by atoms with Crippen molar-refractivity contribution in [3.8, 4) is 22.6 Å². The Morgan fingerprint density at radius 3 is 2.61 bits per heavy atom. The lowest BCUT2D eigenvalue weighted by atomic mass is 10.0. The molecule has 4 aromatic rings. The van der Waals surface area contributed by atoms with E-state index in [-0.39, 0.29) is 12.4 Å². The Hall–Kier alpha value is -3.97. The van der Waals surface area contributed by atoms with Gasteiger partial charge >= 0.3 is 0 Å². The minimum atomic E-state index is -0.592. The zero-order valence-corrected chi connectivity index (χ0v) is 20.0. The molecule has 1 N–H and O–H groups in total. The van der Waals surface area contributed by atoms with Crippen LogP contribution in [0.15, 0.2) is 60.8 Å². The number of nitrogens with one attached hydrogen (secondary N) is 1. The second-order valence-corrected chi connectivity index (χ2v) is 9.35. The zero-order chi connectivity index (χ0) is 24.6. The van der Waals surface area contributed by atoms with Gasteiger partial charge in [0.25, 0.3) is 5.91 Å². The number of pyridine rings is 1. The van der Waals surface area contributed by atoms with Gasteiger partial charge in [0.1, 0.15) is 5.82 Å². The summed E-state index contributed by atoms with van der Waals surface area (Å²) in [6.45, 7) is 5.27. The maximum atomic E-state index is 15.0. The van der Waals surface area contributed by atoms with Crippen molar-refractivity contribution in [3.63, 3.8) is 0 Å². The van der Waals surface area contributed by atoms with Crippen LogP contribution in [0.3, 0.4) is 0 Å². The van der Waals surface area contributed by atoms with Gasteiger partial charge in [0, 0.05) is 23.8 Å². The predicted molar refractivity (Wildman–Crippen MR) is 137 cm³/mol. The quantitative estimate of drug-likeness (QED) is 0.381. The second-order valence-electron chi connectivity index (χ2n) is 9.35. The molecule has 0 radical (unpaired) electrons. The number of halogens is 1. The molecular weight excluding hydrogens is 457 g/mol. The Morgan fingerprint density at radius 1 is 1.00 bits per heavy atom. The van der Waals surface area contributed by atoms with E-state index in [4.69, 9.17) is 9.47 Å². The molecule has 3 aromatic carbocycles. The van der Waals surface area contributed by atoms with Crippen LogP contribution in [0.25, 0.3) is 22.0 Å². The Labute approximate surface area is 208 Å². The maximum absolute atomic E-state index is 15.0. The molecular formula is C29H26FN3O3. The Morgan fingerprint density at radius 2 is 1.78 bits per heavy atom. The molecule has 0 saturated carbocycles. The van der Waals surface area contributed by atoms with E-state index in [0.717, 1.165) is 41.7 Å². The molecule has 0 bridgehead atoms. The van der Waals surface area contributed by atoms with E-state index >= 15 is 0 Å². The van der Waals surface area contributed by atoms with Gasteiger partial charge in [0.2, 0.25) is 6.79 Å². The average Bonchev–Trinajstić information content (AvgIpc) is 3.57. The van der Waals surface area contributed by atoms with Crippen LogP contribution in [0.2, 0.25) is 0 Å². The number of carbonyl (C=O) groups excluding carboxylic acids is 1. The number of likely N-dealkylation sites (tertiary alicyclic amines) is 1. The zero-order valence-electron chi connectivity index (χ0n) is 20.0. The number of carbonyl (C=O) groups is 1. The van der Waals surface area contributed by atoms with E-state index < -0.39 is 11.7 Å². The highest BCUT2D eigenvalue weighted by Gasteiger charge is 2.18. The van der Waals surface area contributed by atoms with Crippen molar-refractivity contribution in [2.24, 2.45) is 0 Å². The molecule has 6 nitrogen and oxygen atoms in total. The molecule has 2 aliphatic rings. The third-order valence-corrected chi connectivity index (χ3v) is 6.94. The summed E-state index contributed by atoms with van der Waals surface area (Å²) in [6, 6.07) is 16.0. The number of anilines is 1. The fraction of sp³-hybridized carbons (Fsp3) is 0.241. The van der Waals surface area contributed by atoms with Crippen molar-refractivity contribution < 1.29 is 18.7 Å². The number of hydrogen-bond donors (Lipinski definition) is 1. The molecule has 7 heteroatoms. The minimum absolute atomic E-state index is 0.0205. The SMILES string of the molecule is Cc1c(NC(=O)c2ccc(-c3ccc4c(c3)OCO4)cc2F)ccc2cc(CN3CCCC3)cnc12. The smallest absolute Gasteiger partial charge is 0.258 e. The summed E-state index contributed by atoms with van der Waals surface area (Å²) in [5.41, 5.74) is 4.90. The van der Waals surface area contributed by atoms with E-state index in [9.17, 15) is 9.18 Å². The average molecular weight is 484 g/mol. The molecule has 36 heavy (non-hydrogen) atoms. The fourth-order valence-corrected chi connectivity index (χ4v) is 4.96. The first kappa shape index (κ1) is 22.5. The summed E-state index contributed by atoms with van der Waals surface area (Å²) in [7, 11) is 0. The molecule has 1 aromatic heterocycles. The van der Waals surface area contributed by atoms with E-state index in [1.807, 2.05) is 31.3 Å². The normalized spacial score (nSPS) is 14.9. The Kier molecular flexibility index (Phi) is 5.77. The van der Waals surface area contributed by atoms with Crippen LogP contribution in [0.4, 0.5) is 10.1 Å². The van der Waals surface area contributed by atoms with Gasteiger partial charge in [-0.2, -0.15) is 0 Å². The Balaban J connectivity index is 1.21. The van der Waals surface area contributed by atoms with Crippen molar-refractivity contribution in [1.29, 1.82) is 0 Å². The second kappa shape index (κ2) is 9.24. The van der Waals surface area contributed by atoms with Crippen molar-refractivity contribution in [1.82, 2.24) is 9.88 Å². The molecule has 0 aliphatic carbocycles. The maximum Gasteiger partial charge on any atom is 0.258 e. The summed E-state index contributed by atoms with van der Waals surface area (Å²) in [4.78, 5) is 20.1. The molecule has 1 saturated heterocycles. The summed E-state index contributed by atoms with van der Waals surface area (Å²) in [6.07, 6.45) is 4.42. The number of amides is 1. The number of hydrogen-bond acceptors (Lipinski definition) is 5. The van der Waals surface area contributed by atoms with Gasteiger partial charge in [-0.1, -0.05) is 18.2 Å². The van der Waals surface area contributed by atoms with Crippen LogP contribution in [-0.2, 0) is 6.54 Å². The molecule has 0 unspecified atom stereocenters. The lowest BCUT2D eigenvalue weighted by molar-refractivity contribution is 0.102. The van der Waals surface area contributed by atoms with E-state index in [1.165, 1.54) is 30.5 Å². The molecule has 2 aliphatic heterocycles. The van der Waals surface area contributed by atoms with Gasteiger partial charge in [-0.25, -0.2) is 4.39 Å². The van der Waals surface area contributed by atoms with Gasteiger partial charge < -0.3 is 14.8 Å². The van der Waals surface area contributed by atoms with Gasteiger partial charge in [-0.3, -0.25) is 14.7 Å². The van der Waals surface area contributed by atoms with Crippen molar-refractivity contribution in [2.45, 2.75) is 26.3 Å². The highest BCUT2D eigenvalue weighted by atomic mass is 19.1. The van der Waals surface area contributed by atoms with Crippen LogP contribution in [-0.4, -0.2) is 35.7 Å². The first-order chi connectivity index (χ1) is 17.5. The lowest BCUT2D eigenvalue weighted by Crippen LogP contribution is -2.18. The highest BCUT2D eigenvalue weighted by molar-refractivity contribution is 6.06. The minimum Gasteiger partial charge on any atom is -0.454 e. The number of rotatable bonds is 5. The summed E-state index contributed by atoms with van der Waals surface area (Å²) >= 11 is 0. The van der Waals surface area contributed by atoms with E-state index in [1.54, 1.807) is 18.2 Å². The number of nitrogens with zero attached hydrogens (tertiary/aromatic N) is 2. The third kappa shape index (κ3) is 4.27. The van der Waals surface area contributed by atoms with Crippen molar-refractivity contribution in [3.05, 3.63) is 83.3 Å². The van der Waals surface area contributed by atoms with Gasteiger partial charge in [-0.15, -0.1) is 0 Å². The fourth-order valence-electron chi connectivity index (χ4n) is 4.96. The molecule has 0 atom stereocenters. The summed E-state index contributed by atoms with van der Waals surface area (Å²) in [5, 5.41) is 3.89. The van der Waals surface area contributed by atoms with E-state index in [2.05, 4.69) is 21.3 Å². The van der Waals surface area contributed by atoms with Gasteiger partial charge in [0.15, 0.2) is 11.5 Å². The molecule has 3 heterocycles. The highest BCUT2D eigenvalue weighted by Crippen LogP contribution is 2.36. The number of fused-ring (bicyclic) bond motifs is 2. The summed E-state index contributed by atoms with van der Waals surface area (Å²) < 4.78 is 25.7. The van der Waals surface area contributed by atoms with Gasteiger partial charge in [0.05, 0.1) is 11.1 Å². The van der Waals surface area contributed by atoms with Crippen LogP contribution in [0.5, 0.6) is 11.5 Å². The largest absolute Gasteiger partial charge is 0.454 e. The van der Waals surface area contributed by atoms with E-state index in [0.29, 0.717) is 22.7 Å². The Bertz CT molecular complexity index is 1480. The number of aromatic nitrogens is 1. The van der Waals surface area contributed by atoms with Crippen molar-refractivity contribution >= 4 is 22.5 Å². The van der Waals surface area contributed by atoms with Crippen LogP contribution >= 0.6 is 0 Å². The topological polar surface area (TPSA) is 63.7 Å². The van der Waals surface area contributed by atoms with Crippen LogP contribution < -0.4 is 14.8 Å². The van der Waals surface area contributed by atoms with Crippen LogP contribution in [0, 0.1) is 12.7 Å². The first-order valence-corrected chi connectivity index (χ1v) is 12.2. The third-order valence-electron chi connectivity index (χ3n) is 6.94. The molecule has 1 fully saturated rings. The lowest BCUT2D eigenvalue weighted by Gasteiger charge is -2.15. The standard InChI is InChI=1S/C29H26FN3O3/c1-18-25(8-5-22-12-19(15-31-28(18)22)16-33-10-2-3-11-33)32-29(34)23-7-4-20(13-24(23)30)21-6-9-26-27(14-21)36-17-35-26/h4-9,12-15H,2-3,10-11,16-17H2,1H3,(H,32,34). The monoisotopic (exact) mass is 483 g/mol. The molecule has 6 rings (SSSR count). The molecule has 182 valence electrons. The van der Waals surface area contributed by atoms with Crippen molar-refractivity contribution in [2.75, 3.05) is 25.2 Å². The number of benzene rings is 3. The van der Waals surface area contributed by atoms with Crippen LogP contribution in [0.1, 0.15) is 34.3 Å². The van der Waals surface area contributed by atoms with Gasteiger partial charge in [-0.05, 0) is 91.5 Å². The number of ether oxygens (including phenoxy) is 2. The molecule has 1 amide bonds. The summed E-state index contributed by atoms with van der Waals surface area (Å²) in [5.74, 6) is 0.195. The first-order valence-electron chi connectivity index (χ1n) is 12.2.